The van der Waals surface area contributed by atoms with E-state index in [2.05, 4.69) is 20.3 Å². The van der Waals surface area contributed by atoms with E-state index in [9.17, 15) is 9.59 Å². The summed E-state index contributed by atoms with van der Waals surface area (Å²) in [6.07, 6.45) is 3.29. The molecule has 0 unspecified atom stereocenters. The summed E-state index contributed by atoms with van der Waals surface area (Å²) in [5.74, 6) is 0.251. The molecule has 7 heteroatoms. The van der Waals surface area contributed by atoms with Crippen LogP contribution >= 0.6 is 11.3 Å². The van der Waals surface area contributed by atoms with Gasteiger partial charge in [-0.15, -0.1) is 11.3 Å². The van der Waals surface area contributed by atoms with Gasteiger partial charge in [0.1, 0.15) is 5.82 Å². The summed E-state index contributed by atoms with van der Waals surface area (Å²) in [4.78, 5) is 36.6. The van der Waals surface area contributed by atoms with E-state index in [1.165, 1.54) is 0 Å². The Kier molecular flexibility index (Phi) is 4.81. The van der Waals surface area contributed by atoms with E-state index in [1.54, 1.807) is 36.7 Å². The van der Waals surface area contributed by atoms with Gasteiger partial charge in [0.25, 0.3) is 5.56 Å². The van der Waals surface area contributed by atoms with Gasteiger partial charge in [-0.3, -0.25) is 14.6 Å². The highest BCUT2D eigenvalue weighted by Gasteiger charge is 2.13. The van der Waals surface area contributed by atoms with Crippen molar-refractivity contribution in [1.82, 2.24) is 20.3 Å². The highest BCUT2D eigenvalue weighted by atomic mass is 32.1. The minimum Gasteiger partial charge on any atom is -0.351 e. The van der Waals surface area contributed by atoms with Gasteiger partial charge < -0.3 is 10.3 Å². The van der Waals surface area contributed by atoms with Gasteiger partial charge in [-0.05, 0) is 30.5 Å². The van der Waals surface area contributed by atoms with Crippen LogP contribution in [-0.2, 0) is 17.8 Å². The molecular formula is C17H16N4O2S. The molecule has 122 valence electrons. The van der Waals surface area contributed by atoms with E-state index in [0.717, 1.165) is 10.4 Å². The second-order valence-corrected chi connectivity index (χ2v) is 6.29. The number of aromatic amines is 1. The maximum Gasteiger partial charge on any atom is 0.255 e. The minimum atomic E-state index is -0.298. The van der Waals surface area contributed by atoms with E-state index < -0.39 is 0 Å². The molecule has 2 N–H and O–H groups in total. The molecule has 0 saturated heterocycles. The van der Waals surface area contributed by atoms with Gasteiger partial charge in [0.15, 0.2) is 0 Å². The topological polar surface area (TPSA) is 87.7 Å². The van der Waals surface area contributed by atoms with Crippen molar-refractivity contribution in [2.75, 3.05) is 0 Å². The Hall–Kier alpha value is -2.80. The van der Waals surface area contributed by atoms with Crippen LogP contribution in [0.3, 0.4) is 0 Å². The first-order valence-corrected chi connectivity index (χ1v) is 8.30. The Bertz CT molecular complexity index is 889. The fourth-order valence-corrected chi connectivity index (χ4v) is 2.92. The molecule has 6 nitrogen and oxygen atoms in total. The monoisotopic (exact) mass is 340 g/mol. The molecule has 1 amide bonds. The number of rotatable bonds is 5. The number of carbonyl (C=O) groups excluding carboxylic acids is 1. The van der Waals surface area contributed by atoms with Gasteiger partial charge in [0.05, 0.1) is 13.0 Å². The number of aryl methyl sites for hydroxylation is 1. The number of hydrogen-bond acceptors (Lipinski definition) is 5. The zero-order valence-corrected chi connectivity index (χ0v) is 13.9. The first kappa shape index (κ1) is 16.1. The van der Waals surface area contributed by atoms with Crippen LogP contribution in [0.15, 0.2) is 46.8 Å². The van der Waals surface area contributed by atoms with E-state index >= 15 is 0 Å². The van der Waals surface area contributed by atoms with E-state index in [-0.39, 0.29) is 17.9 Å². The first-order chi connectivity index (χ1) is 11.6. The molecule has 24 heavy (non-hydrogen) atoms. The molecule has 3 heterocycles. The summed E-state index contributed by atoms with van der Waals surface area (Å²) in [5, 5.41) is 4.77. The summed E-state index contributed by atoms with van der Waals surface area (Å²) >= 11 is 1.58. The largest absolute Gasteiger partial charge is 0.351 e. The highest BCUT2D eigenvalue weighted by Crippen LogP contribution is 2.13. The zero-order valence-electron chi connectivity index (χ0n) is 13.1. The maximum absolute atomic E-state index is 12.3. The lowest BCUT2D eigenvalue weighted by Gasteiger charge is -2.08. The Morgan fingerprint density at radius 1 is 1.33 bits per heavy atom. The number of hydrogen-bond donors (Lipinski definition) is 2. The first-order valence-electron chi connectivity index (χ1n) is 7.43. The number of thiophene rings is 1. The summed E-state index contributed by atoms with van der Waals surface area (Å²) < 4.78 is 0. The van der Waals surface area contributed by atoms with Gasteiger partial charge >= 0.3 is 0 Å². The molecule has 3 aromatic heterocycles. The van der Waals surface area contributed by atoms with Crippen molar-refractivity contribution < 1.29 is 4.79 Å². The molecule has 0 atom stereocenters. The van der Waals surface area contributed by atoms with Crippen LogP contribution in [0, 0.1) is 6.92 Å². The minimum absolute atomic E-state index is 0.00681. The molecule has 0 aromatic carbocycles. The van der Waals surface area contributed by atoms with Crippen LogP contribution < -0.4 is 10.9 Å². The molecule has 0 aliphatic heterocycles. The van der Waals surface area contributed by atoms with Crippen LogP contribution in [0.5, 0.6) is 0 Å². The Morgan fingerprint density at radius 3 is 2.88 bits per heavy atom. The van der Waals surface area contributed by atoms with Crippen LogP contribution in [0.25, 0.3) is 11.4 Å². The lowest BCUT2D eigenvalue weighted by Crippen LogP contribution is -2.28. The Balaban J connectivity index is 1.74. The maximum atomic E-state index is 12.3. The molecule has 0 bridgehead atoms. The summed E-state index contributed by atoms with van der Waals surface area (Å²) in [7, 11) is 0. The van der Waals surface area contributed by atoms with Crippen molar-refractivity contribution in [3.8, 4) is 11.4 Å². The number of nitrogens with zero attached hydrogens (tertiary/aromatic N) is 2. The molecule has 3 aromatic rings. The quantitative estimate of drug-likeness (QED) is 0.744. The van der Waals surface area contributed by atoms with Gasteiger partial charge in [0.2, 0.25) is 5.91 Å². The molecular weight excluding hydrogens is 324 g/mol. The number of aromatic nitrogens is 3. The normalized spacial score (nSPS) is 10.5. The fraction of sp³-hybridized carbons (Fsp3) is 0.176. The predicted molar refractivity (Wildman–Crippen MR) is 92.7 cm³/mol. The molecule has 0 radical (unpaired) electrons. The number of pyridine rings is 1. The predicted octanol–water partition coefficient (Wildman–Crippen LogP) is 2.06. The molecule has 0 aliphatic carbocycles. The third kappa shape index (κ3) is 3.75. The fourth-order valence-electron chi connectivity index (χ4n) is 2.28. The van der Waals surface area contributed by atoms with Gasteiger partial charge in [-0.1, -0.05) is 6.07 Å². The Morgan fingerprint density at radius 2 is 2.21 bits per heavy atom. The summed E-state index contributed by atoms with van der Waals surface area (Å²) in [6, 6.07) is 7.48. The molecule has 3 rings (SSSR count). The van der Waals surface area contributed by atoms with Gasteiger partial charge in [0, 0.05) is 34.1 Å². The van der Waals surface area contributed by atoms with Crippen molar-refractivity contribution in [1.29, 1.82) is 0 Å². The van der Waals surface area contributed by atoms with Crippen molar-refractivity contribution in [3.05, 3.63) is 68.5 Å². The second-order valence-electron chi connectivity index (χ2n) is 5.25. The van der Waals surface area contributed by atoms with Gasteiger partial charge in [-0.2, -0.15) is 0 Å². The Labute approximate surface area is 142 Å². The lowest BCUT2D eigenvalue weighted by atomic mass is 10.1. The molecule has 0 spiro atoms. The van der Waals surface area contributed by atoms with Crippen LogP contribution in [0.1, 0.15) is 16.1 Å². The third-order valence-electron chi connectivity index (χ3n) is 3.53. The summed E-state index contributed by atoms with van der Waals surface area (Å²) in [6.45, 7) is 2.20. The van der Waals surface area contributed by atoms with Crippen LogP contribution in [0.4, 0.5) is 0 Å². The third-order valence-corrected chi connectivity index (χ3v) is 4.41. The van der Waals surface area contributed by atoms with Gasteiger partial charge in [-0.25, -0.2) is 4.98 Å². The van der Waals surface area contributed by atoms with Crippen molar-refractivity contribution in [2.24, 2.45) is 0 Å². The molecule has 0 saturated carbocycles. The lowest BCUT2D eigenvalue weighted by molar-refractivity contribution is -0.120. The second kappa shape index (κ2) is 7.18. The van der Waals surface area contributed by atoms with E-state index in [1.807, 2.05) is 23.6 Å². The number of carbonyl (C=O) groups is 1. The molecule has 0 aliphatic rings. The smallest absolute Gasteiger partial charge is 0.255 e. The van der Waals surface area contributed by atoms with Crippen LogP contribution in [0.2, 0.25) is 0 Å². The standard InChI is InChI=1S/C17H16N4O2S/c1-11-14(8-15(22)19-10-13-5-3-7-24-13)17(23)21-16(20-11)12-4-2-6-18-9-12/h2-7,9H,8,10H2,1H3,(H,19,22)(H,20,21,23). The number of H-pyrrole nitrogens is 1. The molecule has 0 fully saturated rings. The SMILES string of the molecule is Cc1nc(-c2cccnc2)[nH]c(=O)c1CC(=O)NCc1cccs1. The van der Waals surface area contributed by atoms with Crippen molar-refractivity contribution >= 4 is 17.2 Å². The van der Waals surface area contributed by atoms with E-state index in [0.29, 0.717) is 23.6 Å². The summed E-state index contributed by atoms with van der Waals surface area (Å²) in [5.41, 5.74) is 1.36. The average molecular weight is 340 g/mol. The number of nitrogens with one attached hydrogen (secondary N) is 2. The van der Waals surface area contributed by atoms with Crippen molar-refractivity contribution in [2.45, 2.75) is 19.9 Å². The zero-order chi connectivity index (χ0) is 16.9. The highest BCUT2D eigenvalue weighted by molar-refractivity contribution is 7.09. The van der Waals surface area contributed by atoms with E-state index in [4.69, 9.17) is 0 Å². The van der Waals surface area contributed by atoms with Crippen LogP contribution in [-0.4, -0.2) is 20.9 Å². The average Bonchev–Trinajstić information content (AvgIpc) is 3.10. The van der Waals surface area contributed by atoms with Crippen molar-refractivity contribution in [3.63, 3.8) is 0 Å². The number of amides is 1.